The summed E-state index contributed by atoms with van der Waals surface area (Å²) in [6.45, 7) is 3.51. The Balaban J connectivity index is 1.80. The van der Waals surface area contributed by atoms with Crippen LogP contribution < -0.4 is 0 Å². The molecule has 0 unspecified atom stereocenters. The van der Waals surface area contributed by atoms with Gasteiger partial charge in [0.2, 0.25) is 0 Å². The molecule has 3 rings (SSSR count). The van der Waals surface area contributed by atoms with Gasteiger partial charge < -0.3 is 13.7 Å². The highest BCUT2D eigenvalue weighted by Gasteiger charge is 2.28. The summed E-state index contributed by atoms with van der Waals surface area (Å²) in [6.07, 6.45) is 5.42. The van der Waals surface area contributed by atoms with Crippen LogP contribution in [0.5, 0.6) is 0 Å². The number of furan rings is 1. The second kappa shape index (κ2) is 5.19. The molecule has 102 valence electrons. The topological polar surface area (TPSA) is 43.4 Å². The minimum Gasteiger partial charge on any atom is -0.472 e. The van der Waals surface area contributed by atoms with Crippen molar-refractivity contribution in [3.05, 3.63) is 41.9 Å². The molecule has 1 aliphatic rings. The molecule has 0 spiro atoms. The number of methoxy groups -OCH3 is 1. The van der Waals surface area contributed by atoms with Crippen LogP contribution in [-0.4, -0.2) is 34.7 Å². The van der Waals surface area contributed by atoms with E-state index in [0.717, 1.165) is 26.2 Å². The number of fused-ring (bicyclic) bond motifs is 1. The first-order chi connectivity index (χ1) is 9.28. The molecule has 2 aromatic rings. The quantitative estimate of drug-likeness (QED) is 0.841. The second-order valence-electron chi connectivity index (χ2n) is 5.14. The van der Waals surface area contributed by atoms with Gasteiger partial charge in [-0.05, 0) is 6.07 Å². The Kier molecular flexibility index (Phi) is 3.40. The van der Waals surface area contributed by atoms with E-state index < -0.39 is 0 Å². The molecule has 3 heterocycles. The van der Waals surface area contributed by atoms with Crippen LogP contribution in [-0.2, 0) is 24.9 Å². The number of ether oxygens (including phenoxy) is 1. The molecule has 19 heavy (non-hydrogen) atoms. The van der Waals surface area contributed by atoms with E-state index in [1.807, 2.05) is 12.4 Å². The zero-order valence-electron chi connectivity index (χ0n) is 11.4. The van der Waals surface area contributed by atoms with E-state index in [1.54, 1.807) is 19.6 Å². The normalized spacial score (nSPS) is 19.6. The van der Waals surface area contributed by atoms with Crippen molar-refractivity contribution in [1.82, 2.24) is 14.5 Å². The Labute approximate surface area is 112 Å². The molecule has 0 bridgehead atoms. The molecular weight excluding hydrogens is 242 g/mol. The van der Waals surface area contributed by atoms with Crippen LogP contribution in [0.4, 0.5) is 0 Å². The average Bonchev–Trinajstić information content (AvgIpc) is 3.00. The molecule has 0 radical (unpaired) electrons. The van der Waals surface area contributed by atoms with E-state index in [-0.39, 0.29) is 0 Å². The number of aryl methyl sites for hydroxylation is 1. The summed E-state index contributed by atoms with van der Waals surface area (Å²) in [7, 11) is 3.81. The maximum atomic E-state index is 5.36. The maximum Gasteiger partial charge on any atom is 0.0949 e. The summed E-state index contributed by atoms with van der Waals surface area (Å²) >= 11 is 0. The van der Waals surface area contributed by atoms with Gasteiger partial charge in [0, 0.05) is 51.0 Å². The smallest absolute Gasteiger partial charge is 0.0949 e. The van der Waals surface area contributed by atoms with Crippen LogP contribution in [0.15, 0.2) is 29.3 Å². The van der Waals surface area contributed by atoms with Gasteiger partial charge in [0.15, 0.2) is 0 Å². The van der Waals surface area contributed by atoms with Crippen LogP contribution in [0.2, 0.25) is 0 Å². The average molecular weight is 261 g/mol. The van der Waals surface area contributed by atoms with Crippen LogP contribution in [0.1, 0.15) is 22.9 Å². The van der Waals surface area contributed by atoms with E-state index in [1.165, 1.54) is 17.0 Å². The first kappa shape index (κ1) is 12.4. The van der Waals surface area contributed by atoms with Crippen LogP contribution >= 0.6 is 0 Å². The zero-order valence-corrected chi connectivity index (χ0v) is 11.4. The fourth-order valence-corrected chi connectivity index (χ4v) is 2.90. The van der Waals surface area contributed by atoms with Crippen molar-refractivity contribution in [3.8, 4) is 0 Å². The Morgan fingerprint density at radius 1 is 1.53 bits per heavy atom. The van der Waals surface area contributed by atoms with Gasteiger partial charge in [-0.1, -0.05) is 0 Å². The van der Waals surface area contributed by atoms with Gasteiger partial charge in [0.05, 0.1) is 31.2 Å². The zero-order chi connectivity index (χ0) is 13.2. The summed E-state index contributed by atoms with van der Waals surface area (Å²) in [5.41, 5.74) is 3.68. The second-order valence-corrected chi connectivity index (χ2v) is 5.14. The Morgan fingerprint density at radius 2 is 2.42 bits per heavy atom. The van der Waals surface area contributed by atoms with Crippen molar-refractivity contribution in [2.75, 3.05) is 20.3 Å². The molecule has 0 fully saturated rings. The number of rotatable bonds is 4. The third kappa shape index (κ3) is 2.43. The van der Waals surface area contributed by atoms with Crippen molar-refractivity contribution < 1.29 is 9.15 Å². The number of imidazole rings is 1. The molecule has 1 atom stereocenters. The lowest BCUT2D eigenvalue weighted by atomic mass is 9.98. The molecule has 0 aliphatic carbocycles. The minimum atomic E-state index is 0.383. The van der Waals surface area contributed by atoms with Crippen molar-refractivity contribution >= 4 is 0 Å². The van der Waals surface area contributed by atoms with E-state index in [2.05, 4.69) is 21.5 Å². The summed E-state index contributed by atoms with van der Waals surface area (Å²) in [4.78, 5) is 6.90. The van der Waals surface area contributed by atoms with Gasteiger partial charge in [-0.2, -0.15) is 0 Å². The van der Waals surface area contributed by atoms with Crippen LogP contribution in [0.25, 0.3) is 0 Å². The molecule has 5 heteroatoms. The summed E-state index contributed by atoms with van der Waals surface area (Å²) in [5.74, 6) is 0.383. The predicted molar refractivity (Wildman–Crippen MR) is 70.6 cm³/mol. The van der Waals surface area contributed by atoms with Crippen molar-refractivity contribution in [1.29, 1.82) is 0 Å². The van der Waals surface area contributed by atoms with E-state index in [9.17, 15) is 0 Å². The van der Waals surface area contributed by atoms with E-state index in [4.69, 9.17) is 9.15 Å². The Bertz CT molecular complexity index is 533. The lowest BCUT2D eigenvalue weighted by Crippen LogP contribution is -2.35. The fourth-order valence-electron chi connectivity index (χ4n) is 2.90. The van der Waals surface area contributed by atoms with Crippen molar-refractivity contribution in [3.63, 3.8) is 0 Å². The summed E-state index contributed by atoms with van der Waals surface area (Å²) < 4.78 is 12.6. The molecule has 1 aliphatic heterocycles. The van der Waals surface area contributed by atoms with Crippen molar-refractivity contribution in [2.24, 2.45) is 7.05 Å². The van der Waals surface area contributed by atoms with Crippen molar-refractivity contribution in [2.45, 2.75) is 19.0 Å². The van der Waals surface area contributed by atoms with Gasteiger partial charge >= 0.3 is 0 Å². The molecule has 2 aromatic heterocycles. The third-order valence-electron chi connectivity index (χ3n) is 3.66. The minimum absolute atomic E-state index is 0.383. The Morgan fingerprint density at radius 3 is 3.16 bits per heavy atom. The van der Waals surface area contributed by atoms with Crippen LogP contribution in [0.3, 0.4) is 0 Å². The lowest BCUT2D eigenvalue weighted by molar-refractivity contribution is 0.132. The first-order valence-electron chi connectivity index (χ1n) is 6.50. The molecule has 0 saturated heterocycles. The monoisotopic (exact) mass is 261 g/mol. The SMILES string of the molecule is COC[C@@H]1CN(Cc2ccoc2)Cc2ncn(C)c21. The highest BCUT2D eigenvalue weighted by atomic mass is 16.5. The van der Waals surface area contributed by atoms with E-state index in [0.29, 0.717) is 5.92 Å². The van der Waals surface area contributed by atoms with Gasteiger partial charge in [-0.3, -0.25) is 4.90 Å². The van der Waals surface area contributed by atoms with E-state index >= 15 is 0 Å². The number of hydrogen-bond acceptors (Lipinski definition) is 4. The largest absolute Gasteiger partial charge is 0.472 e. The maximum absolute atomic E-state index is 5.36. The molecule has 0 saturated carbocycles. The van der Waals surface area contributed by atoms with Gasteiger partial charge in [-0.15, -0.1) is 0 Å². The fraction of sp³-hybridized carbons (Fsp3) is 0.500. The van der Waals surface area contributed by atoms with Gasteiger partial charge in [0.1, 0.15) is 0 Å². The predicted octanol–water partition coefficient (Wildman–Crippen LogP) is 1.76. The molecule has 0 N–H and O–H groups in total. The standard InChI is InChI=1S/C14H19N3O2/c1-16-10-15-13-7-17(5-11-3-4-19-8-11)6-12(9-18-2)14(13)16/h3-4,8,10,12H,5-7,9H2,1-2H3/t12-/m0/s1. The van der Waals surface area contributed by atoms with Gasteiger partial charge in [0.25, 0.3) is 0 Å². The number of nitrogens with zero attached hydrogens (tertiary/aromatic N) is 3. The molecular formula is C14H19N3O2. The van der Waals surface area contributed by atoms with Gasteiger partial charge in [-0.25, -0.2) is 4.98 Å². The molecule has 0 aromatic carbocycles. The highest BCUT2D eigenvalue weighted by molar-refractivity contribution is 5.22. The number of hydrogen-bond donors (Lipinski definition) is 0. The lowest BCUT2D eigenvalue weighted by Gasteiger charge is -2.32. The number of aromatic nitrogens is 2. The molecule has 5 nitrogen and oxygen atoms in total. The van der Waals surface area contributed by atoms with Crippen LogP contribution in [0, 0.1) is 0 Å². The first-order valence-corrected chi connectivity index (χ1v) is 6.50. The Hall–Kier alpha value is -1.59. The molecule has 0 amide bonds. The summed E-state index contributed by atoms with van der Waals surface area (Å²) in [6, 6.07) is 2.01. The summed E-state index contributed by atoms with van der Waals surface area (Å²) in [5, 5.41) is 0. The highest BCUT2D eigenvalue weighted by Crippen LogP contribution is 2.28. The third-order valence-corrected chi connectivity index (χ3v) is 3.66.